The molecule has 136 valence electrons. The van der Waals surface area contributed by atoms with Crippen molar-refractivity contribution in [2.45, 2.75) is 45.0 Å². The Kier molecular flexibility index (Phi) is 6.15. The fourth-order valence-electron chi connectivity index (χ4n) is 4.53. The molecule has 0 amide bonds. The van der Waals surface area contributed by atoms with E-state index in [0.29, 0.717) is 25.1 Å². The third-order valence-corrected chi connectivity index (χ3v) is 5.95. The Balaban J connectivity index is 1.58. The maximum absolute atomic E-state index is 11.8. The van der Waals surface area contributed by atoms with Gasteiger partial charge >= 0.3 is 13.1 Å². The third kappa shape index (κ3) is 4.84. The average molecular weight is 345 g/mol. The standard InChI is InChI=1S/C19H28BNO4/c22-19(23)18-11-14(7-9-20(24)25)5-6-17(18)13-21-10-8-15-3-1-2-4-16(15)12-21/h1-4,14,17-18,24-25H,5-13H2,(H,22,23)/t14-,17?,18?/m0/s1. The molecule has 0 saturated heterocycles. The van der Waals surface area contributed by atoms with E-state index in [9.17, 15) is 9.90 Å². The highest BCUT2D eigenvalue weighted by atomic mass is 16.4. The molecule has 2 unspecified atom stereocenters. The van der Waals surface area contributed by atoms with Crippen molar-refractivity contribution in [3.63, 3.8) is 0 Å². The Morgan fingerprint density at radius 3 is 2.68 bits per heavy atom. The van der Waals surface area contributed by atoms with Gasteiger partial charge in [-0.05, 0) is 48.5 Å². The van der Waals surface area contributed by atoms with Gasteiger partial charge in [-0.2, -0.15) is 0 Å². The number of carboxylic acids is 1. The van der Waals surface area contributed by atoms with Crippen molar-refractivity contribution < 1.29 is 19.9 Å². The highest BCUT2D eigenvalue weighted by molar-refractivity contribution is 6.40. The van der Waals surface area contributed by atoms with Crippen LogP contribution < -0.4 is 0 Å². The molecule has 1 saturated carbocycles. The van der Waals surface area contributed by atoms with E-state index in [2.05, 4.69) is 29.2 Å². The maximum atomic E-state index is 11.8. The Morgan fingerprint density at radius 1 is 1.20 bits per heavy atom. The number of carboxylic acid groups (broad SMARTS) is 1. The predicted octanol–water partition coefficient (Wildman–Crippen LogP) is 2.02. The van der Waals surface area contributed by atoms with Gasteiger partial charge in [-0.1, -0.05) is 37.1 Å². The second-order valence-corrected chi connectivity index (χ2v) is 7.70. The summed E-state index contributed by atoms with van der Waals surface area (Å²) >= 11 is 0. The van der Waals surface area contributed by atoms with Crippen molar-refractivity contribution in [1.82, 2.24) is 4.90 Å². The molecule has 1 aliphatic heterocycles. The SMILES string of the molecule is O=C(O)C1C[C@H](CCB(O)O)CCC1CN1CCc2ccccc2C1. The van der Waals surface area contributed by atoms with E-state index in [4.69, 9.17) is 10.0 Å². The van der Waals surface area contributed by atoms with Crippen molar-refractivity contribution in [3.05, 3.63) is 35.4 Å². The van der Waals surface area contributed by atoms with Gasteiger partial charge in [-0.15, -0.1) is 0 Å². The molecule has 1 fully saturated rings. The molecular formula is C19H28BNO4. The maximum Gasteiger partial charge on any atom is 0.451 e. The lowest BCUT2D eigenvalue weighted by Gasteiger charge is -2.38. The highest BCUT2D eigenvalue weighted by Crippen LogP contribution is 2.37. The summed E-state index contributed by atoms with van der Waals surface area (Å²) in [5, 5.41) is 27.8. The summed E-state index contributed by atoms with van der Waals surface area (Å²) < 4.78 is 0. The van der Waals surface area contributed by atoms with Crippen LogP contribution >= 0.6 is 0 Å². The molecule has 1 aromatic carbocycles. The van der Waals surface area contributed by atoms with E-state index in [0.717, 1.165) is 38.9 Å². The molecule has 0 bridgehead atoms. The number of nitrogens with zero attached hydrogens (tertiary/aromatic N) is 1. The fourth-order valence-corrected chi connectivity index (χ4v) is 4.53. The number of hydrogen-bond donors (Lipinski definition) is 3. The van der Waals surface area contributed by atoms with E-state index in [-0.39, 0.29) is 11.8 Å². The number of rotatable bonds is 6. The second kappa shape index (κ2) is 8.34. The molecule has 0 aromatic heterocycles. The summed E-state index contributed by atoms with van der Waals surface area (Å²) in [5.74, 6) is -0.525. The molecule has 1 heterocycles. The Hall–Kier alpha value is -1.37. The Labute approximate surface area is 149 Å². The molecule has 25 heavy (non-hydrogen) atoms. The van der Waals surface area contributed by atoms with Gasteiger partial charge in [0.05, 0.1) is 5.92 Å². The van der Waals surface area contributed by atoms with Crippen molar-refractivity contribution in [2.75, 3.05) is 13.1 Å². The average Bonchev–Trinajstić information content (AvgIpc) is 2.60. The minimum atomic E-state index is -1.28. The van der Waals surface area contributed by atoms with Gasteiger partial charge < -0.3 is 15.2 Å². The summed E-state index contributed by atoms with van der Waals surface area (Å²) in [4.78, 5) is 14.2. The topological polar surface area (TPSA) is 81.0 Å². The van der Waals surface area contributed by atoms with E-state index >= 15 is 0 Å². The molecular weight excluding hydrogens is 317 g/mol. The Bertz CT molecular complexity index is 595. The van der Waals surface area contributed by atoms with E-state index in [1.807, 2.05) is 0 Å². The molecule has 5 nitrogen and oxygen atoms in total. The quantitative estimate of drug-likeness (QED) is 0.688. The zero-order valence-electron chi connectivity index (χ0n) is 14.7. The molecule has 3 rings (SSSR count). The van der Waals surface area contributed by atoms with Gasteiger partial charge in [0.25, 0.3) is 0 Å². The van der Waals surface area contributed by atoms with Crippen LogP contribution in [0.1, 0.15) is 36.8 Å². The summed E-state index contributed by atoms with van der Waals surface area (Å²) in [5.41, 5.74) is 2.78. The molecule has 2 aliphatic rings. The lowest BCUT2D eigenvalue weighted by atomic mass is 9.69. The second-order valence-electron chi connectivity index (χ2n) is 7.70. The number of benzene rings is 1. The first-order valence-corrected chi connectivity index (χ1v) is 9.41. The minimum absolute atomic E-state index is 0.193. The lowest BCUT2D eigenvalue weighted by molar-refractivity contribution is -0.146. The van der Waals surface area contributed by atoms with E-state index in [1.165, 1.54) is 11.1 Å². The molecule has 6 heteroatoms. The zero-order chi connectivity index (χ0) is 17.8. The number of hydrogen-bond acceptors (Lipinski definition) is 4. The first-order valence-electron chi connectivity index (χ1n) is 9.41. The van der Waals surface area contributed by atoms with Crippen LogP contribution in [0.4, 0.5) is 0 Å². The summed E-state index contributed by atoms with van der Waals surface area (Å²) in [7, 11) is -1.28. The number of aliphatic carboxylic acids is 1. The van der Waals surface area contributed by atoms with E-state index < -0.39 is 13.1 Å². The molecule has 0 radical (unpaired) electrons. The van der Waals surface area contributed by atoms with Crippen molar-refractivity contribution in [2.24, 2.45) is 17.8 Å². The van der Waals surface area contributed by atoms with Crippen molar-refractivity contribution in [1.29, 1.82) is 0 Å². The fraction of sp³-hybridized carbons (Fsp3) is 0.632. The Morgan fingerprint density at radius 2 is 1.96 bits per heavy atom. The smallest absolute Gasteiger partial charge is 0.451 e. The van der Waals surface area contributed by atoms with Crippen LogP contribution in [-0.2, 0) is 17.8 Å². The van der Waals surface area contributed by atoms with Gasteiger partial charge in [0.1, 0.15) is 0 Å². The first kappa shape index (κ1) is 18.4. The third-order valence-electron chi connectivity index (χ3n) is 5.95. The predicted molar refractivity (Wildman–Crippen MR) is 97.0 cm³/mol. The molecule has 1 aliphatic carbocycles. The largest absolute Gasteiger partial charge is 0.481 e. The van der Waals surface area contributed by atoms with Crippen LogP contribution in [0.25, 0.3) is 0 Å². The van der Waals surface area contributed by atoms with Crippen LogP contribution in [0.5, 0.6) is 0 Å². The number of carbonyl (C=O) groups is 1. The lowest BCUT2D eigenvalue weighted by Crippen LogP contribution is -2.41. The van der Waals surface area contributed by atoms with E-state index in [1.54, 1.807) is 0 Å². The number of fused-ring (bicyclic) bond motifs is 1. The van der Waals surface area contributed by atoms with Crippen LogP contribution in [0, 0.1) is 17.8 Å². The monoisotopic (exact) mass is 345 g/mol. The zero-order valence-corrected chi connectivity index (χ0v) is 14.7. The molecule has 3 atom stereocenters. The minimum Gasteiger partial charge on any atom is -0.481 e. The molecule has 3 N–H and O–H groups in total. The van der Waals surface area contributed by atoms with Crippen LogP contribution in [-0.4, -0.2) is 46.2 Å². The first-order chi connectivity index (χ1) is 12.0. The van der Waals surface area contributed by atoms with Gasteiger partial charge in [-0.3, -0.25) is 9.69 Å². The normalized spacial score (nSPS) is 26.9. The summed E-state index contributed by atoms with van der Waals surface area (Å²) in [6.45, 7) is 2.76. The van der Waals surface area contributed by atoms with Crippen molar-refractivity contribution in [3.8, 4) is 0 Å². The van der Waals surface area contributed by atoms with Crippen LogP contribution in [0.2, 0.25) is 6.32 Å². The van der Waals surface area contributed by atoms with Gasteiger partial charge in [0, 0.05) is 19.6 Å². The highest BCUT2D eigenvalue weighted by Gasteiger charge is 2.36. The van der Waals surface area contributed by atoms with Gasteiger partial charge in [0.15, 0.2) is 0 Å². The van der Waals surface area contributed by atoms with Gasteiger partial charge in [0.2, 0.25) is 0 Å². The summed E-state index contributed by atoms with van der Waals surface area (Å²) in [6, 6.07) is 8.52. The van der Waals surface area contributed by atoms with Crippen molar-refractivity contribution >= 4 is 13.1 Å². The van der Waals surface area contributed by atoms with Crippen LogP contribution in [0.15, 0.2) is 24.3 Å². The van der Waals surface area contributed by atoms with Gasteiger partial charge in [-0.25, -0.2) is 0 Å². The van der Waals surface area contributed by atoms with Crippen LogP contribution in [0.3, 0.4) is 0 Å². The molecule has 0 spiro atoms. The molecule has 1 aromatic rings. The summed E-state index contributed by atoms with van der Waals surface area (Å²) in [6.07, 6.45) is 4.65.